The van der Waals surface area contributed by atoms with Gasteiger partial charge in [0.1, 0.15) is 24.3 Å². The summed E-state index contributed by atoms with van der Waals surface area (Å²) in [6.07, 6.45) is 10.3. The minimum atomic E-state index is 0.0773. The van der Waals surface area contributed by atoms with Gasteiger partial charge in [-0.05, 0) is 30.2 Å². The summed E-state index contributed by atoms with van der Waals surface area (Å²) >= 11 is 0. The van der Waals surface area contributed by atoms with Crippen LogP contribution in [0, 0.1) is 12.8 Å². The first-order valence-electron chi connectivity index (χ1n) is 11.4. The van der Waals surface area contributed by atoms with E-state index in [-0.39, 0.29) is 24.2 Å². The lowest BCUT2D eigenvalue weighted by Crippen LogP contribution is -2.59. The van der Waals surface area contributed by atoms with Crippen molar-refractivity contribution in [2.45, 2.75) is 25.2 Å². The fraction of sp³-hybridized carbons (Fsp3) is 0.259. The minimum absolute atomic E-state index is 0.0773. The average Bonchev–Trinajstić information content (AvgIpc) is 3.36. The van der Waals surface area contributed by atoms with Gasteiger partial charge in [-0.1, -0.05) is 42.5 Å². The van der Waals surface area contributed by atoms with Crippen molar-refractivity contribution in [1.82, 2.24) is 14.9 Å². The predicted molar refractivity (Wildman–Crippen MR) is 134 cm³/mol. The van der Waals surface area contributed by atoms with Crippen molar-refractivity contribution in [2.75, 3.05) is 28.8 Å². The minimum Gasteiger partial charge on any atom is -0.358 e. The first-order chi connectivity index (χ1) is 16.1. The number of hydrogen-bond acceptors (Lipinski definition) is 6. The van der Waals surface area contributed by atoms with Gasteiger partial charge in [-0.2, -0.15) is 0 Å². The van der Waals surface area contributed by atoms with Crippen LogP contribution in [0.4, 0.5) is 22.9 Å². The molecule has 4 unspecified atom stereocenters. The molecule has 0 fully saturated rings. The van der Waals surface area contributed by atoms with E-state index in [0.29, 0.717) is 0 Å². The molecule has 0 aliphatic carbocycles. The van der Waals surface area contributed by atoms with E-state index in [1.165, 1.54) is 22.5 Å². The molecule has 0 spiro atoms. The number of rotatable bonds is 3. The standard InChI is InChI=1S/C27H28N6/c1-5-19-20-11-7-9-13-22(20)33-25-23(16-28-17-29-25)31(4)27(33)24(19)26-30(3)14-15-32(26)21-12-8-6-10-18(21)2/h5-17,19,24,26-27H,1H2,2-4H3. The van der Waals surface area contributed by atoms with Crippen LogP contribution in [0.2, 0.25) is 0 Å². The van der Waals surface area contributed by atoms with Crippen LogP contribution in [0.1, 0.15) is 17.0 Å². The van der Waals surface area contributed by atoms with Gasteiger partial charge in [0.2, 0.25) is 0 Å². The first-order valence-corrected chi connectivity index (χ1v) is 11.4. The van der Waals surface area contributed by atoms with Gasteiger partial charge in [-0.3, -0.25) is 0 Å². The second-order valence-corrected chi connectivity index (χ2v) is 9.09. The molecule has 3 aromatic rings. The first kappa shape index (κ1) is 19.9. The molecule has 0 N–H and O–H groups in total. The van der Waals surface area contributed by atoms with Crippen LogP contribution in [-0.2, 0) is 0 Å². The van der Waals surface area contributed by atoms with Gasteiger partial charge in [0.05, 0.1) is 6.20 Å². The number of hydrogen-bond donors (Lipinski definition) is 0. The molecular formula is C27H28N6. The molecule has 33 heavy (non-hydrogen) atoms. The predicted octanol–water partition coefficient (Wildman–Crippen LogP) is 4.85. The molecule has 3 aliphatic rings. The van der Waals surface area contributed by atoms with Crippen molar-refractivity contribution in [3.8, 4) is 0 Å². The highest BCUT2D eigenvalue weighted by Crippen LogP contribution is 2.55. The normalized spacial score (nSPS) is 25.2. The number of benzene rings is 2. The SMILES string of the molecule is C=CC1c2ccccc2N2c3ncncc3N(C)C2C1C1N(C)C=CN1c1ccccc1C. The molecule has 2 aromatic carbocycles. The fourth-order valence-corrected chi connectivity index (χ4v) is 5.97. The topological polar surface area (TPSA) is 38.7 Å². The van der Waals surface area contributed by atoms with Crippen molar-refractivity contribution in [3.05, 3.63) is 97.2 Å². The number of nitrogens with zero attached hydrogens (tertiary/aromatic N) is 6. The van der Waals surface area contributed by atoms with E-state index in [0.717, 1.165) is 11.5 Å². The van der Waals surface area contributed by atoms with Crippen molar-refractivity contribution >= 4 is 22.9 Å². The summed E-state index contributed by atoms with van der Waals surface area (Å²) in [6, 6.07) is 17.3. The van der Waals surface area contributed by atoms with Crippen LogP contribution in [0.5, 0.6) is 0 Å². The van der Waals surface area contributed by atoms with Gasteiger partial charge in [-0.25, -0.2) is 9.97 Å². The van der Waals surface area contributed by atoms with E-state index in [1.54, 1.807) is 6.33 Å². The van der Waals surface area contributed by atoms with Gasteiger partial charge in [0.15, 0.2) is 5.82 Å². The lowest BCUT2D eigenvalue weighted by molar-refractivity contribution is 0.202. The highest BCUT2D eigenvalue weighted by atomic mass is 15.5. The van der Waals surface area contributed by atoms with E-state index in [4.69, 9.17) is 4.98 Å². The zero-order chi connectivity index (χ0) is 22.7. The van der Waals surface area contributed by atoms with Crippen molar-refractivity contribution in [3.63, 3.8) is 0 Å². The zero-order valence-corrected chi connectivity index (χ0v) is 19.2. The maximum atomic E-state index is 4.72. The molecule has 0 bridgehead atoms. The van der Waals surface area contributed by atoms with E-state index in [1.807, 2.05) is 6.20 Å². The molecule has 1 aromatic heterocycles. The second kappa shape index (κ2) is 7.37. The van der Waals surface area contributed by atoms with Gasteiger partial charge in [0, 0.05) is 49.7 Å². The Morgan fingerprint density at radius 1 is 0.909 bits per heavy atom. The van der Waals surface area contributed by atoms with E-state index in [9.17, 15) is 0 Å². The summed E-state index contributed by atoms with van der Waals surface area (Å²) in [5.41, 5.74) is 6.04. The zero-order valence-electron chi connectivity index (χ0n) is 19.2. The van der Waals surface area contributed by atoms with Gasteiger partial charge >= 0.3 is 0 Å². The van der Waals surface area contributed by atoms with E-state index in [2.05, 4.69) is 119 Å². The molecule has 0 amide bonds. The molecule has 166 valence electrons. The Bertz CT molecular complexity index is 1250. The van der Waals surface area contributed by atoms with Gasteiger partial charge < -0.3 is 19.6 Å². The number of anilines is 4. The maximum Gasteiger partial charge on any atom is 0.161 e. The van der Waals surface area contributed by atoms with Crippen LogP contribution in [0.15, 0.2) is 86.1 Å². The van der Waals surface area contributed by atoms with Gasteiger partial charge in [-0.15, -0.1) is 6.58 Å². The Morgan fingerprint density at radius 2 is 1.67 bits per heavy atom. The molecule has 0 saturated heterocycles. The van der Waals surface area contributed by atoms with Gasteiger partial charge in [0.25, 0.3) is 0 Å². The molecule has 3 aliphatic heterocycles. The lowest BCUT2D eigenvalue weighted by atomic mass is 9.76. The molecule has 4 atom stereocenters. The van der Waals surface area contributed by atoms with Crippen molar-refractivity contribution < 1.29 is 0 Å². The Kier molecular flexibility index (Phi) is 4.43. The summed E-state index contributed by atoms with van der Waals surface area (Å²) in [4.78, 5) is 18.6. The largest absolute Gasteiger partial charge is 0.358 e. The molecular weight excluding hydrogens is 408 g/mol. The third kappa shape index (κ3) is 2.73. The molecule has 0 saturated carbocycles. The van der Waals surface area contributed by atoms with E-state index < -0.39 is 0 Å². The molecule has 6 nitrogen and oxygen atoms in total. The Labute approximate surface area is 195 Å². The Balaban J connectivity index is 1.56. The van der Waals surface area contributed by atoms with Crippen LogP contribution in [0.3, 0.4) is 0 Å². The fourth-order valence-electron chi connectivity index (χ4n) is 5.97. The summed E-state index contributed by atoms with van der Waals surface area (Å²) in [7, 11) is 4.33. The van der Waals surface area contributed by atoms with Crippen LogP contribution < -0.4 is 14.7 Å². The molecule has 6 heteroatoms. The average molecular weight is 437 g/mol. The lowest BCUT2D eigenvalue weighted by Gasteiger charge is -2.50. The number of aryl methyl sites for hydroxylation is 1. The Hall–Kier alpha value is -3.80. The quantitative estimate of drug-likeness (QED) is 0.547. The number of para-hydroxylation sites is 2. The Morgan fingerprint density at radius 3 is 2.45 bits per heavy atom. The van der Waals surface area contributed by atoms with Crippen molar-refractivity contribution in [2.24, 2.45) is 5.92 Å². The number of fused-ring (bicyclic) bond motifs is 5. The number of allylic oxidation sites excluding steroid dienone is 1. The van der Waals surface area contributed by atoms with Crippen LogP contribution in [-0.4, -0.2) is 41.3 Å². The number of aromatic nitrogens is 2. The summed E-state index contributed by atoms with van der Waals surface area (Å²) in [6.45, 7) is 6.49. The molecule has 0 radical (unpaired) electrons. The highest BCUT2D eigenvalue weighted by Gasteiger charge is 2.53. The smallest absolute Gasteiger partial charge is 0.161 e. The van der Waals surface area contributed by atoms with Crippen molar-refractivity contribution in [1.29, 1.82) is 0 Å². The molecule has 4 heterocycles. The monoisotopic (exact) mass is 436 g/mol. The van der Waals surface area contributed by atoms with Crippen LogP contribution >= 0.6 is 0 Å². The third-order valence-corrected chi connectivity index (χ3v) is 7.41. The maximum absolute atomic E-state index is 4.72. The summed E-state index contributed by atoms with van der Waals surface area (Å²) in [5.74, 6) is 1.33. The second-order valence-electron chi connectivity index (χ2n) is 9.09. The summed E-state index contributed by atoms with van der Waals surface area (Å²) < 4.78 is 0. The highest BCUT2D eigenvalue weighted by molar-refractivity contribution is 5.83. The summed E-state index contributed by atoms with van der Waals surface area (Å²) in [5, 5.41) is 0. The third-order valence-electron chi connectivity index (χ3n) is 7.41. The van der Waals surface area contributed by atoms with Crippen LogP contribution in [0.25, 0.3) is 0 Å². The van der Waals surface area contributed by atoms with E-state index >= 15 is 0 Å². The molecule has 6 rings (SSSR count).